The minimum absolute atomic E-state index is 0.392. The van der Waals surface area contributed by atoms with Crippen LogP contribution in [0.3, 0.4) is 0 Å². The van der Waals surface area contributed by atoms with E-state index >= 15 is 0 Å². The third-order valence-corrected chi connectivity index (χ3v) is 4.01. The fourth-order valence-corrected chi connectivity index (χ4v) is 2.96. The Labute approximate surface area is 114 Å². The van der Waals surface area contributed by atoms with Gasteiger partial charge in [0.2, 0.25) is 0 Å². The summed E-state index contributed by atoms with van der Waals surface area (Å²) in [6.07, 6.45) is 2.42. The molecule has 1 fully saturated rings. The molecule has 0 saturated carbocycles. The molecule has 0 radical (unpaired) electrons. The molecule has 104 valence electrons. The van der Waals surface area contributed by atoms with Gasteiger partial charge in [0.1, 0.15) is 0 Å². The minimum atomic E-state index is -0.856. The number of hydrogen-bond acceptors (Lipinski definition) is 3. The molecule has 0 aromatic heterocycles. The molecule has 1 N–H and O–H groups in total. The lowest BCUT2D eigenvalue weighted by molar-refractivity contribution is 0.0697. The SMILES string of the molecule is Cc1cccc(C(=O)O)c1N(C)CC1CCCN1C. The monoisotopic (exact) mass is 262 g/mol. The van der Waals surface area contributed by atoms with Gasteiger partial charge in [-0.2, -0.15) is 0 Å². The van der Waals surface area contributed by atoms with Gasteiger partial charge in [-0.05, 0) is 45.0 Å². The van der Waals surface area contributed by atoms with Crippen LogP contribution in [-0.4, -0.2) is 49.2 Å². The fourth-order valence-electron chi connectivity index (χ4n) is 2.96. The van der Waals surface area contributed by atoms with E-state index in [1.165, 1.54) is 12.8 Å². The van der Waals surface area contributed by atoms with Crippen molar-refractivity contribution >= 4 is 11.7 Å². The number of hydrogen-bond donors (Lipinski definition) is 1. The lowest BCUT2D eigenvalue weighted by atomic mass is 10.1. The van der Waals surface area contributed by atoms with Crippen LogP contribution in [0.5, 0.6) is 0 Å². The summed E-state index contributed by atoms with van der Waals surface area (Å²) in [7, 11) is 4.13. The van der Waals surface area contributed by atoms with Crippen molar-refractivity contribution in [1.29, 1.82) is 0 Å². The Bertz CT molecular complexity index is 473. The van der Waals surface area contributed by atoms with Crippen molar-refractivity contribution in [3.05, 3.63) is 29.3 Å². The molecular weight excluding hydrogens is 240 g/mol. The Morgan fingerprint density at radius 1 is 1.53 bits per heavy atom. The van der Waals surface area contributed by atoms with E-state index in [2.05, 4.69) is 16.8 Å². The van der Waals surface area contributed by atoms with Gasteiger partial charge in [0, 0.05) is 19.6 Å². The quantitative estimate of drug-likeness (QED) is 0.903. The molecule has 0 amide bonds. The number of aryl methyl sites for hydroxylation is 1. The smallest absolute Gasteiger partial charge is 0.337 e. The standard InChI is InChI=1S/C15H22N2O2/c1-11-6-4-8-13(15(18)19)14(11)17(3)10-12-7-5-9-16(12)2/h4,6,8,12H,5,7,9-10H2,1-3H3,(H,18,19). The summed E-state index contributed by atoms with van der Waals surface area (Å²) in [5.74, 6) is -0.856. The second-order valence-electron chi connectivity index (χ2n) is 5.43. The first kappa shape index (κ1) is 13.9. The molecule has 0 bridgehead atoms. The van der Waals surface area contributed by atoms with E-state index in [-0.39, 0.29) is 0 Å². The highest BCUT2D eigenvalue weighted by atomic mass is 16.4. The first-order chi connectivity index (χ1) is 9.00. The molecule has 1 saturated heterocycles. The summed E-state index contributed by atoms with van der Waals surface area (Å²) in [6, 6.07) is 5.97. The third kappa shape index (κ3) is 2.89. The summed E-state index contributed by atoms with van der Waals surface area (Å²) >= 11 is 0. The zero-order valence-electron chi connectivity index (χ0n) is 11.9. The van der Waals surface area contributed by atoms with Gasteiger partial charge in [0.05, 0.1) is 11.3 Å². The summed E-state index contributed by atoms with van der Waals surface area (Å²) in [5.41, 5.74) is 2.25. The molecular formula is C15H22N2O2. The van der Waals surface area contributed by atoms with Gasteiger partial charge in [-0.1, -0.05) is 12.1 Å². The van der Waals surface area contributed by atoms with Crippen molar-refractivity contribution in [2.45, 2.75) is 25.8 Å². The molecule has 1 aliphatic heterocycles. The van der Waals surface area contributed by atoms with Crippen LogP contribution in [0.1, 0.15) is 28.8 Å². The normalized spacial score (nSPS) is 19.6. The number of likely N-dealkylation sites (N-methyl/N-ethyl adjacent to an activating group) is 2. The zero-order chi connectivity index (χ0) is 14.0. The van der Waals surface area contributed by atoms with Crippen molar-refractivity contribution in [3.63, 3.8) is 0 Å². The van der Waals surface area contributed by atoms with E-state index in [1.807, 2.05) is 20.0 Å². The maximum absolute atomic E-state index is 11.3. The Kier molecular flexibility index (Phi) is 4.10. The maximum Gasteiger partial charge on any atom is 0.337 e. The molecule has 1 unspecified atom stereocenters. The van der Waals surface area contributed by atoms with Gasteiger partial charge in [-0.25, -0.2) is 4.79 Å². The average Bonchev–Trinajstić information content (AvgIpc) is 2.74. The summed E-state index contributed by atoms with van der Waals surface area (Å²) in [5, 5.41) is 9.31. The highest BCUT2D eigenvalue weighted by molar-refractivity contribution is 5.95. The van der Waals surface area contributed by atoms with Gasteiger partial charge in [0.25, 0.3) is 0 Å². The van der Waals surface area contributed by atoms with Gasteiger partial charge in [-0.3, -0.25) is 0 Å². The van der Waals surface area contributed by atoms with Crippen molar-refractivity contribution in [2.24, 2.45) is 0 Å². The van der Waals surface area contributed by atoms with Crippen LogP contribution in [0.15, 0.2) is 18.2 Å². The predicted molar refractivity (Wildman–Crippen MR) is 77.1 cm³/mol. The van der Waals surface area contributed by atoms with Gasteiger partial charge >= 0.3 is 5.97 Å². The van der Waals surface area contributed by atoms with Crippen LogP contribution in [0.2, 0.25) is 0 Å². The van der Waals surface area contributed by atoms with Gasteiger partial charge in [0.15, 0.2) is 0 Å². The molecule has 1 aromatic rings. The minimum Gasteiger partial charge on any atom is -0.478 e. The summed E-state index contributed by atoms with van der Waals surface area (Å²) in [6.45, 7) is 3.98. The fraction of sp³-hybridized carbons (Fsp3) is 0.533. The van der Waals surface area contributed by atoms with E-state index in [0.29, 0.717) is 11.6 Å². The van der Waals surface area contributed by atoms with Crippen LogP contribution in [0, 0.1) is 6.92 Å². The second-order valence-corrected chi connectivity index (χ2v) is 5.43. The Balaban J connectivity index is 2.23. The molecule has 19 heavy (non-hydrogen) atoms. The van der Waals surface area contributed by atoms with E-state index in [4.69, 9.17) is 0 Å². The molecule has 4 heteroatoms. The van der Waals surface area contributed by atoms with Crippen molar-refractivity contribution in [1.82, 2.24) is 4.90 Å². The van der Waals surface area contributed by atoms with Crippen LogP contribution in [-0.2, 0) is 0 Å². The van der Waals surface area contributed by atoms with E-state index in [1.54, 1.807) is 12.1 Å². The van der Waals surface area contributed by atoms with Gasteiger partial charge < -0.3 is 14.9 Å². The highest BCUT2D eigenvalue weighted by Gasteiger charge is 2.24. The molecule has 1 aliphatic rings. The molecule has 1 atom stereocenters. The van der Waals surface area contributed by atoms with Crippen LogP contribution >= 0.6 is 0 Å². The van der Waals surface area contributed by atoms with Crippen molar-refractivity contribution < 1.29 is 9.90 Å². The van der Waals surface area contributed by atoms with Crippen molar-refractivity contribution in [3.8, 4) is 0 Å². The molecule has 1 aromatic carbocycles. The van der Waals surface area contributed by atoms with E-state index in [0.717, 1.165) is 24.3 Å². The largest absolute Gasteiger partial charge is 0.478 e. The number of likely N-dealkylation sites (tertiary alicyclic amines) is 1. The average molecular weight is 262 g/mol. The lowest BCUT2D eigenvalue weighted by Gasteiger charge is -2.29. The number of aromatic carboxylic acids is 1. The number of benzene rings is 1. The number of carboxylic acids is 1. The summed E-state index contributed by atoms with van der Waals surface area (Å²) in [4.78, 5) is 15.8. The van der Waals surface area contributed by atoms with Crippen LogP contribution < -0.4 is 4.90 Å². The molecule has 1 heterocycles. The maximum atomic E-state index is 11.3. The number of anilines is 1. The topological polar surface area (TPSA) is 43.8 Å². The Hall–Kier alpha value is -1.55. The predicted octanol–water partition coefficient (Wildman–Crippen LogP) is 2.22. The highest BCUT2D eigenvalue weighted by Crippen LogP contribution is 2.26. The Morgan fingerprint density at radius 3 is 2.84 bits per heavy atom. The van der Waals surface area contributed by atoms with Crippen LogP contribution in [0.25, 0.3) is 0 Å². The molecule has 0 spiro atoms. The van der Waals surface area contributed by atoms with E-state index < -0.39 is 5.97 Å². The first-order valence-electron chi connectivity index (χ1n) is 6.75. The van der Waals surface area contributed by atoms with E-state index in [9.17, 15) is 9.90 Å². The zero-order valence-corrected chi connectivity index (χ0v) is 11.9. The second kappa shape index (κ2) is 5.61. The molecule has 2 rings (SSSR count). The molecule has 4 nitrogen and oxygen atoms in total. The van der Waals surface area contributed by atoms with Crippen molar-refractivity contribution in [2.75, 3.05) is 32.1 Å². The van der Waals surface area contributed by atoms with Gasteiger partial charge in [-0.15, -0.1) is 0 Å². The van der Waals surface area contributed by atoms with Crippen LogP contribution in [0.4, 0.5) is 5.69 Å². The number of carbonyl (C=O) groups is 1. The third-order valence-electron chi connectivity index (χ3n) is 4.01. The number of para-hydroxylation sites is 1. The molecule has 0 aliphatic carbocycles. The number of carboxylic acid groups (broad SMARTS) is 1. The summed E-state index contributed by atoms with van der Waals surface area (Å²) < 4.78 is 0. The number of rotatable bonds is 4. The first-order valence-corrected chi connectivity index (χ1v) is 6.75. The lowest BCUT2D eigenvalue weighted by Crippen LogP contribution is -2.37. The Morgan fingerprint density at radius 2 is 2.26 bits per heavy atom. The number of nitrogens with zero attached hydrogens (tertiary/aromatic N) is 2.